The molecule has 1 aliphatic heterocycles. The van der Waals surface area contributed by atoms with Gasteiger partial charge in [0, 0.05) is 61.6 Å². The average Bonchev–Trinajstić information content (AvgIpc) is 2.78. The molecule has 0 aliphatic carbocycles. The van der Waals surface area contributed by atoms with Gasteiger partial charge in [0.2, 0.25) is 5.91 Å². The van der Waals surface area contributed by atoms with E-state index in [0.717, 1.165) is 44.6 Å². The van der Waals surface area contributed by atoms with Crippen LogP contribution in [0.15, 0.2) is 48.0 Å². The number of pyridine rings is 1. The predicted molar refractivity (Wildman–Crippen MR) is 125 cm³/mol. The van der Waals surface area contributed by atoms with E-state index in [4.69, 9.17) is 0 Å². The maximum atomic E-state index is 10.2. The summed E-state index contributed by atoms with van der Waals surface area (Å²) in [6.45, 7) is 10.9. The van der Waals surface area contributed by atoms with E-state index in [1.807, 2.05) is 18.1 Å². The number of nitrogens with zero attached hydrogens (tertiary/aromatic N) is 4. The van der Waals surface area contributed by atoms with Gasteiger partial charge >= 0.3 is 0 Å². The monoisotopic (exact) mass is 429 g/mol. The number of aldehydes is 1. The fourth-order valence-corrected chi connectivity index (χ4v) is 3.97. The lowest BCUT2D eigenvalue weighted by Gasteiger charge is -2.31. The molecule has 1 amide bonds. The first kappa shape index (κ1) is 23.9. The van der Waals surface area contributed by atoms with Crippen LogP contribution in [0, 0.1) is 0 Å². The first-order valence-electron chi connectivity index (χ1n) is 10.0. The fraction of sp³-hybridized carbons (Fsp3) is 0.409. The highest BCUT2D eigenvalue weighted by Crippen LogP contribution is 2.33. The summed E-state index contributed by atoms with van der Waals surface area (Å²) in [5.41, 5.74) is 0. The molecule has 162 valence electrons. The summed E-state index contributed by atoms with van der Waals surface area (Å²) in [6, 6.07) is 8.69. The number of fused-ring (bicyclic) bond motifs is 1. The summed E-state index contributed by atoms with van der Waals surface area (Å²) < 4.78 is 2.47. The SMILES string of the molecule is C=CC(=O)NCC=O.CCN(C)c1nccc2c(SN3CCN(C)CC3)cccc12. The zero-order valence-corrected chi connectivity index (χ0v) is 18.8. The highest BCUT2D eigenvalue weighted by molar-refractivity contribution is 7.97. The van der Waals surface area contributed by atoms with Crippen molar-refractivity contribution in [1.29, 1.82) is 0 Å². The first-order valence-corrected chi connectivity index (χ1v) is 10.8. The molecular formula is C22H31N5O2S. The van der Waals surface area contributed by atoms with Gasteiger partial charge in [-0.3, -0.25) is 4.79 Å². The highest BCUT2D eigenvalue weighted by Gasteiger charge is 2.16. The number of amides is 1. The van der Waals surface area contributed by atoms with E-state index in [9.17, 15) is 9.59 Å². The van der Waals surface area contributed by atoms with Crippen LogP contribution >= 0.6 is 11.9 Å². The van der Waals surface area contributed by atoms with Crippen molar-refractivity contribution in [2.45, 2.75) is 11.8 Å². The Kier molecular flexibility index (Phi) is 9.79. The number of rotatable bonds is 7. The Labute approximate surface area is 183 Å². The molecule has 0 spiro atoms. The summed E-state index contributed by atoms with van der Waals surface area (Å²) >= 11 is 1.88. The molecule has 1 aliphatic rings. The molecule has 0 saturated carbocycles. The molecule has 0 atom stereocenters. The topological polar surface area (TPSA) is 68.8 Å². The summed E-state index contributed by atoms with van der Waals surface area (Å²) in [4.78, 5) is 30.2. The zero-order valence-electron chi connectivity index (χ0n) is 18.0. The molecule has 2 heterocycles. The van der Waals surface area contributed by atoms with Crippen LogP contribution in [0.2, 0.25) is 0 Å². The molecule has 3 rings (SSSR count). The maximum Gasteiger partial charge on any atom is 0.243 e. The molecular weight excluding hydrogens is 398 g/mol. The quantitative estimate of drug-likeness (QED) is 0.412. The number of hydrogen-bond donors (Lipinski definition) is 1. The van der Waals surface area contributed by atoms with Crippen LogP contribution < -0.4 is 10.2 Å². The smallest absolute Gasteiger partial charge is 0.243 e. The Bertz CT molecular complexity index is 853. The van der Waals surface area contributed by atoms with E-state index >= 15 is 0 Å². The number of hydrogen-bond acceptors (Lipinski definition) is 7. The Morgan fingerprint density at radius 1 is 1.27 bits per heavy atom. The lowest BCUT2D eigenvalue weighted by atomic mass is 10.1. The van der Waals surface area contributed by atoms with Crippen LogP contribution in [0.4, 0.5) is 5.82 Å². The number of anilines is 1. The van der Waals surface area contributed by atoms with E-state index in [0.29, 0.717) is 6.29 Å². The van der Waals surface area contributed by atoms with Crippen LogP contribution in [0.1, 0.15) is 6.92 Å². The largest absolute Gasteiger partial charge is 0.359 e. The van der Waals surface area contributed by atoms with E-state index in [1.54, 1.807) is 0 Å². The van der Waals surface area contributed by atoms with Gasteiger partial charge in [-0.2, -0.15) is 0 Å². The maximum absolute atomic E-state index is 10.2. The summed E-state index contributed by atoms with van der Waals surface area (Å²) in [5, 5.41) is 4.80. The second-order valence-corrected chi connectivity index (χ2v) is 8.08. The van der Waals surface area contributed by atoms with Crippen molar-refractivity contribution < 1.29 is 9.59 Å². The number of benzene rings is 1. The third kappa shape index (κ3) is 6.83. The number of piperazine rings is 1. The van der Waals surface area contributed by atoms with E-state index in [-0.39, 0.29) is 12.5 Å². The Balaban J connectivity index is 0.000000343. The number of carbonyl (C=O) groups excluding carboxylic acids is 2. The Morgan fingerprint density at radius 2 is 2.00 bits per heavy atom. The minimum absolute atomic E-state index is 0.0604. The highest BCUT2D eigenvalue weighted by atomic mass is 32.2. The molecule has 1 saturated heterocycles. The molecule has 7 nitrogen and oxygen atoms in total. The summed E-state index contributed by atoms with van der Waals surface area (Å²) in [5.74, 6) is 0.748. The van der Waals surface area contributed by atoms with Gasteiger partial charge in [0.1, 0.15) is 12.1 Å². The normalized spacial score (nSPS) is 14.5. The predicted octanol–water partition coefficient (Wildman–Crippen LogP) is 2.43. The molecule has 2 aromatic rings. The lowest BCUT2D eigenvalue weighted by Crippen LogP contribution is -2.40. The summed E-state index contributed by atoms with van der Waals surface area (Å²) in [7, 11) is 4.29. The minimum atomic E-state index is -0.322. The molecule has 1 aromatic heterocycles. The van der Waals surface area contributed by atoms with Crippen LogP contribution in [0.25, 0.3) is 10.8 Å². The molecule has 0 unspecified atom stereocenters. The fourth-order valence-electron chi connectivity index (χ4n) is 2.93. The van der Waals surface area contributed by atoms with Crippen molar-refractivity contribution in [1.82, 2.24) is 19.5 Å². The van der Waals surface area contributed by atoms with Gasteiger partial charge in [0.25, 0.3) is 0 Å². The number of nitrogens with one attached hydrogen (secondary N) is 1. The molecule has 0 bridgehead atoms. The molecule has 1 fully saturated rings. The Hall–Kier alpha value is -2.42. The van der Waals surface area contributed by atoms with Crippen LogP contribution in [0.5, 0.6) is 0 Å². The van der Waals surface area contributed by atoms with E-state index in [1.165, 1.54) is 15.7 Å². The van der Waals surface area contributed by atoms with Gasteiger partial charge < -0.3 is 19.9 Å². The van der Waals surface area contributed by atoms with Crippen molar-refractivity contribution in [3.63, 3.8) is 0 Å². The van der Waals surface area contributed by atoms with Crippen molar-refractivity contribution >= 4 is 40.7 Å². The average molecular weight is 430 g/mol. The zero-order chi connectivity index (χ0) is 21.9. The lowest BCUT2D eigenvalue weighted by molar-refractivity contribution is -0.118. The first-order chi connectivity index (χ1) is 14.5. The molecule has 0 radical (unpaired) electrons. The Morgan fingerprint density at radius 3 is 2.63 bits per heavy atom. The molecule has 1 aromatic carbocycles. The molecule has 8 heteroatoms. The van der Waals surface area contributed by atoms with Crippen molar-refractivity contribution in [3.05, 3.63) is 43.1 Å². The van der Waals surface area contributed by atoms with Crippen molar-refractivity contribution in [2.75, 3.05) is 58.3 Å². The van der Waals surface area contributed by atoms with E-state index in [2.05, 4.69) is 76.3 Å². The number of aromatic nitrogens is 1. The second-order valence-electron chi connectivity index (χ2n) is 6.94. The standard InChI is InChI=1S/C17H24N4S.C5H7NO2/c1-4-20(3)17-15-6-5-7-16(14(15)8-9-18-17)22-21-12-10-19(2)11-13-21;1-2-5(8)6-3-4-7/h5-9H,4,10-13H2,1-3H3;2,4H,1,3H2,(H,6,8). The van der Waals surface area contributed by atoms with Crippen molar-refractivity contribution in [3.8, 4) is 0 Å². The number of carbonyl (C=O) groups is 2. The van der Waals surface area contributed by atoms with Gasteiger partial charge in [-0.15, -0.1) is 0 Å². The van der Waals surface area contributed by atoms with Crippen LogP contribution in [-0.2, 0) is 9.59 Å². The van der Waals surface area contributed by atoms with Gasteiger partial charge in [-0.05, 0) is 44.1 Å². The third-order valence-electron chi connectivity index (χ3n) is 4.82. The second kappa shape index (κ2) is 12.3. The van der Waals surface area contributed by atoms with Gasteiger partial charge in [0.05, 0.1) is 6.54 Å². The van der Waals surface area contributed by atoms with Gasteiger partial charge in [-0.1, -0.05) is 18.7 Å². The summed E-state index contributed by atoms with van der Waals surface area (Å²) in [6.07, 6.45) is 3.66. The third-order valence-corrected chi connectivity index (χ3v) is 5.99. The van der Waals surface area contributed by atoms with Crippen LogP contribution in [-0.4, -0.2) is 79.7 Å². The number of likely N-dealkylation sites (N-methyl/N-ethyl adjacent to an activating group) is 1. The molecule has 1 N–H and O–H groups in total. The van der Waals surface area contributed by atoms with Crippen LogP contribution in [0.3, 0.4) is 0 Å². The van der Waals surface area contributed by atoms with E-state index < -0.39 is 0 Å². The van der Waals surface area contributed by atoms with Crippen molar-refractivity contribution in [2.24, 2.45) is 0 Å². The minimum Gasteiger partial charge on any atom is -0.359 e. The molecule has 30 heavy (non-hydrogen) atoms. The van der Waals surface area contributed by atoms with Gasteiger partial charge in [-0.25, -0.2) is 9.29 Å². The van der Waals surface area contributed by atoms with Gasteiger partial charge in [0.15, 0.2) is 0 Å².